The van der Waals surface area contributed by atoms with Crippen molar-refractivity contribution < 1.29 is 23.8 Å². The van der Waals surface area contributed by atoms with Crippen LogP contribution < -0.4 is 29.7 Å². The van der Waals surface area contributed by atoms with Gasteiger partial charge in [-0.2, -0.15) is 0 Å². The summed E-state index contributed by atoms with van der Waals surface area (Å²) in [6.45, 7) is 5.59. The molecule has 2 heterocycles. The highest BCUT2D eigenvalue weighted by molar-refractivity contribution is 5.98. The number of anilines is 1. The summed E-state index contributed by atoms with van der Waals surface area (Å²) in [6.07, 6.45) is 2.24. The molecule has 0 bridgehead atoms. The number of ether oxygens (including phenoxy) is 3. The third-order valence-corrected chi connectivity index (χ3v) is 9.40. The number of hydrogen-bond donors (Lipinski definition) is 2. The maximum Gasteiger partial charge on any atom is 0.251 e. The maximum absolute atomic E-state index is 13.3. The molecule has 11 heteroatoms. The second-order valence-electron chi connectivity index (χ2n) is 12.1. The number of aromatic nitrogens is 2. The molecule has 2 amide bonds. The first-order valence-corrected chi connectivity index (χ1v) is 16.3. The van der Waals surface area contributed by atoms with E-state index in [9.17, 15) is 9.59 Å². The fourth-order valence-electron chi connectivity index (χ4n) is 6.71. The van der Waals surface area contributed by atoms with Crippen LogP contribution in [0.4, 0.5) is 5.69 Å². The molecule has 6 rings (SSSR count). The summed E-state index contributed by atoms with van der Waals surface area (Å²) < 4.78 is 18.9. The molecule has 0 atom stereocenters. The summed E-state index contributed by atoms with van der Waals surface area (Å²) in [5.41, 5.74) is 4.25. The molecular weight excluding hydrogens is 596 g/mol. The number of piperazine rings is 1. The molecule has 2 N–H and O–H groups in total. The molecule has 1 aliphatic carbocycles. The number of benzene rings is 3. The minimum atomic E-state index is -0.111. The normalized spacial score (nSPS) is 18.0. The van der Waals surface area contributed by atoms with Gasteiger partial charge in [0.05, 0.1) is 32.4 Å². The van der Waals surface area contributed by atoms with Gasteiger partial charge in [0.25, 0.3) is 5.91 Å². The molecule has 1 aliphatic heterocycles. The highest BCUT2D eigenvalue weighted by Gasteiger charge is 2.37. The van der Waals surface area contributed by atoms with Crippen molar-refractivity contribution in [2.24, 2.45) is 5.92 Å². The largest absolute Gasteiger partial charge is 0.493 e. The minimum absolute atomic E-state index is 0.0389. The number of para-hydroxylation sites is 1. The van der Waals surface area contributed by atoms with Crippen molar-refractivity contribution in [2.45, 2.75) is 25.3 Å². The average molecular weight is 641 g/mol. The second-order valence-corrected chi connectivity index (χ2v) is 12.1. The van der Waals surface area contributed by atoms with Crippen molar-refractivity contribution in [1.82, 2.24) is 25.1 Å². The first kappa shape index (κ1) is 32.2. The van der Waals surface area contributed by atoms with Gasteiger partial charge < -0.3 is 34.3 Å². The smallest absolute Gasteiger partial charge is 0.251 e. The van der Waals surface area contributed by atoms with Gasteiger partial charge in [-0.3, -0.25) is 14.5 Å². The van der Waals surface area contributed by atoms with Crippen molar-refractivity contribution in [3.8, 4) is 28.6 Å². The highest BCUT2D eigenvalue weighted by Crippen LogP contribution is 2.45. The Labute approximate surface area is 275 Å². The first-order valence-electron chi connectivity index (χ1n) is 16.3. The minimum Gasteiger partial charge on any atom is -0.493 e. The zero-order valence-electron chi connectivity index (χ0n) is 27.6. The van der Waals surface area contributed by atoms with Gasteiger partial charge in [-0.25, -0.2) is 4.98 Å². The number of amides is 2. The maximum atomic E-state index is 13.3. The van der Waals surface area contributed by atoms with Crippen molar-refractivity contribution in [1.29, 1.82) is 0 Å². The SMILES string of the molecule is CNC(=O)C1CC(n2c(-c3cc(OC)c(OC)c(OC)c3)nc3ccc(C(=O)NCCCN4CCN(c5ccccc5)CC4)cc32)C1. The number of nitrogens with zero attached hydrogens (tertiary/aromatic N) is 4. The van der Waals surface area contributed by atoms with Crippen LogP contribution in [0, 0.1) is 5.92 Å². The molecule has 11 nitrogen and oxygen atoms in total. The van der Waals surface area contributed by atoms with E-state index in [4.69, 9.17) is 19.2 Å². The molecule has 2 fully saturated rings. The van der Waals surface area contributed by atoms with Gasteiger partial charge >= 0.3 is 0 Å². The highest BCUT2D eigenvalue weighted by atomic mass is 16.5. The topological polar surface area (TPSA) is 110 Å². The van der Waals surface area contributed by atoms with E-state index >= 15 is 0 Å². The Balaban J connectivity index is 1.17. The third-order valence-electron chi connectivity index (χ3n) is 9.40. The second kappa shape index (κ2) is 14.3. The molecule has 248 valence electrons. The van der Waals surface area contributed by atoms with Crippen LogP contribution in [0.15, 0.2) is 60.7 Å². The average Bonchev–Trinajstić information content (AvgIpc) is 3.47. The number of fused-ring (bicyclic) bond motifs is 1. The summed E-state index contributed by atoms with van der Waals surface area (Å²) in [4.78, 5) is 35.6. The van der Waals surface area contributed by atoms with Gasteiger partial charge in [0.1, 0.15) is 5.82 Å². The summed E-state index contributed by atoms with van der Waals surface area (Å²) >= 11 is 0. The Morgan fingerprint density at radius 3 is 2.23 bits per heavy atom. The van der Waals surface area contributed by atoms with Gasteiger partial charge in [0.2, 0.25) is 11.7 Å². The fraction of sp³-hybridized carbons (Fsp3) is 0.417. The third kappa shape index (κ3) is 6.71. The fourth-order valence-corrected chi connectivity index (χ4v) is 6.71. The van der Waals surface area contributed by atoms with Gasteiger partial charge in [-0.1, -0.05) is 18.2 Å². The number of methoxy groups -OCH3 is 3. The van der Waals surface area contributed by atoms with Crippen LogP contribution in [0.1, 0.15) is 35.7 Å². The molecule has 3 aromatic carbocycles. The lowest BCUT2D eigenvalue weighted by Gasteiger charge is -2.36. The van der Waals surface area contributed by atoms with Crippen molar-refractivity contribution in [3.05, 3.63) is 66.2 Å². The summed E-state index contributed by atoms with van der Waals surface area (Å²) in [6, 6.07) is 20.0. The van der Waals surface area contributed by atoms with Crippen LogP contribution in [0.3, 0.4) is 0 Å². The Bertz CT molecular complexity index is 1680. The summed E-state index contributed by atoms with van der Waals surface area (Å²) in [5.74, 6) is 2.12. The number of hydrogen-bond acceptors (Lipinski definition) is 8. The molecule has 4 aromatic rings. The molecule has 1 saturated heterocycles. The molecule has 47 heavy (non-hydrogen) atoms. The Kier molecular flexibility index (Phi) is 9.81. The van der Waals surface area contributed by atoms with Crippen LogP contribution in [-0.2, 0) is 4.79 Å². The standard InChI is InChI=1S/C36H44N6O5/c1-37-35(43)26-19-28(20-26)42-30-21-24(11-12-29(30)39-34(42)25-22-31(45-2)33(47-4)32(23-25)46-3)36(44)38-13-8-14-40-15-17-41(18-16-40)27-9-6-5-7-10-27/h5-7,9-12,21-23,26,28H,8,13-20H2,1-4H3,(H,37,43)(H,38,44). The summed E-state index contributed by atoms with van der Waals surface area (Å²) in [5, 5.41) is 5.89. The number of carbonyl (C=O) groups is 2. The Morgan fingerprint density at radius 2 is 1.60 bits per heavy atom. The quantitative estimate of drug-likeness (QED) is 0.220. The Morgan fingerprint density at radius 1 is 0.894 bits per heavy atom. The van der Waals surface area contributed by atoms with E-state index in [-0.39, 0.29) is 23.8 Å². The molecule has 0 radical (unpaired) electrons. The van der Waals surface area contributed by atoms with Gasteiger partial charge in [-0.05, 0) is 68.3 Å². The van der Waals surface area contributed by atoms with E-state index in [0.29, 0.717) is 48.0 Å². The van der Waals surface area contributed by atoms with Crippen LogP contribution >= 0.6 is 0 Å². The zero-order valence-corrected chi connectivity index (χ0v) is 27.6. The van der Waals surface area contributed by atoms with Gasteiger partial charge in [-0.15, -0.1) is 0 Å². The number of imidazole rings is 1. The lowest BCUT2D eigenvalue weighted by Crippen LogP contribution is -2.47. The molecule has 1 aromatic heterocycles. The van der Waals surface area contributed by atoms with Crippen molar-refractivity contribution >= 4 is 28.5 Å². The van der Waals surface area contributed by atoms with E-state index < -0.39 is 0 Å². The zero-order chi connectivity index (χ0) is 32.9. The number of nitrogens with one attached hydrogen (secondary N) is 2. The predicted octanol–water partition coefficient (Wildman–Crippen LogP) is 4.37. The van der Waals surface area contributed by atoms with Gasteiger partial charge in [0, 0.05) is 68.5 Å². The van der Waals surface area contributed by atoms with Crippen LogP contribution in [0.2, 0.25) is 0 Å². The van der Waals surface area contributed by atoms with E-state index in [1.54, 1.807) is 28.4 Å². The van der Waals surface area contributed by atoms with E-state index in [2.05, 4.69) is 49.3 Å². The first-order chi connectivity index (χ1) is 22.9. The lowest BCUT2D eigenvalue weighted by atomic mass is 9.79. The molecule has 1 saturated carbocycles. The van der Waals surface area contributed by atoms with E-state index in [1.807, 2.05) is 36.4 Å². The monoisotopic (exact) mass is 640 g/mol. The van der Waals surface area contributed by atoms with E-state index in [1.165, 1.54) is 5.69 Å². The molecule has 0 unspecified atom stereocenters. The molecule has 0 spiro atoms. The van der Waals surface area contributed by atoms with Crippen molar-refractivity contribution in [3.63, 3.8) is 0 Å². The predicted molar refractivity (Wildman–Crippen MR) is 183 cm³/mol. The Hall–Kier alpha value is -4.77. The van der Waals surface area contributed by atoms with Crippen LogP contribution in [0.5, 0.6) is 17.2 Å². The molecule has 2 aliphatic rings. The van der Waals surface area contributed by atoms with Crippen LogP contribution in [0.25, 0.3) is 22.4 Å². The summed E-state index contributed by atoms with van der Waals surface area (Å²) in [7, 11) is 6.41. The number of rotatable bonds is 12. The van der Waals surface area contributed by atoms with Gasteiger partial charge in [0.15, 0.2) is 11.5 Å². The molecular formula is C36H44N6O5. The van der Waals surface area contributed by atoms with Crippen molar-refractivity contribution in [2.75, 3.05) is 72.5 Å². The van der Waals surface area contributed by atoms with E-state index in [0.717, 1.165) is 55.7 Å². The number of carbonyl (C=O) groups excluding carboxylic acids is 2. The lowest BCUT2D eigenvalue weighted by molar-refractivity contribution is -0.128. The van der Waals surface area contributed by atoms with Crippen LogP contribution in [-0.4, -0.2) is 93.9 Å².